The number of carbonyl (C=O) groups excluding carboxylic acids is 2. The lowest BCUT2D eigenvalue weighted by molar-refractivity contribution is -0.135. The lowest BCUT2D eigenvalue weighted by Gasteiger charge is -2.25. The van der Waals surface area contributed by atoms with E-state index in [-0.39, 0.29) is 17.7 Å². The van der Waals surface area contributed by atoms with Gasteiger partial charge in [-0.25, -0.2) is 0 Å². The highest BCUT2D eigenvalue weighted by Crippen LogP contribution is 2.21. The van der Waals surface area contributed by atoms with Gasteiger partial charge in [-0.2, -0.15) is 0 Å². The van der Waals surface area contributed by atoms with Gasteiger partial charge >= 0.3 is 0 Å². The molecule has 3 rings (SSSR count). The number of H-pyrrole nitrogens is 1. The van der Waals surface area contributed by atoms with Crippen LogP contribution in [-0.2, 0) is 4.79 Å². The molecule has 0 bridgehead atoms. The van der Waals surface area contributed by atoms with Crippen LogP contribution in [0.5, 0.6) is 0 Å². The molecule has 5 heteroatoms. The number of aromatic amines is 1. The molecule has 0 saturated carbocycles. The summed E-state index contributed by atoms with van der Waals surface area (Å²) < 4.78 is 0. The normalized spacial score (nSPS) is 15.6. The third-order valence-corrected chi connectivity index (χ3v) is 5.25. The maximum Gasteiger partial charge on any atom is 0.256 e. The Morgan fingerprint density at radius 1 is 1.04 bits per heavy atom. The number of rotatable bonds is 4. The van der Waals surface area contributed by atoms with Crippen LogP contribution in [0.15, 0.2) is 30.5 Å². The summed E-state index contributed by atoms with van der Waals surface area (Å²) in [4.78, 5) is 32.6. The molecule has 25 heavy (non-hydrogen) atoms. The van der Waals surface area contributed by atoms with Crippen LogP contribution < -0.4 is 0 Å². The van der Waals surface area contributed by atoms with Crippen molar-refractivity contribution < 1.29 is 9.59 Å². The number of hydrogen-bond donors (Lipinski definition) is 1. The first-order valence-electron chi connectivity index (χ1n) is 9.29. The van der Waals surface area contributed by atoms with Crippen molar-refractivity contribution in [2.24, 2.45) is 5.92 Å². The van der Waals surface area contributed by atoms with Gasteiger partial charge in [0.2, 0.25) is 5.91 Å². The Kier molecular flexibility index (Phi) is 5.41. The van der Waals surface area contributed by atoms with Gasteiger partial charge in [0.15, 0.2) is 0 Å². The Labute approximate surface area is 149 Å². The van der Waals surface area contributed by atoms with E-state index in [1.54, 1.807) is 6.20 Å². The van der Waals surface area contributed by atoms with Gasteiger partial charge in [0.25, 0.3) is 5.91 Å². The molecule has 1 aromatic heterocycles. The summed E-state index contributed by atoms with van der Waals surface area (Å²) in [5.74, 6) is 0.400. The van der Waals surface area contributed by atoms with Gasteiger partial charge in [0, 0.05) is 49.2 Å². The van der Waals surface area contributed by atoms with Crippen molar-refractivity contribution in [3.05, 3.63) is 36.0 Å². The molecule has 5 nitrogen and oxygen atoms in total. The van der Waals surface area contributed by atoms with Crippen molar-refractivity contribution in [3.63, 3.8) is 0 Å². The Balaban J connectivity index is 1.70. The molecule has 2 heterocycles. The molecule has 0 atom stereocenters. The molecule has 2 amide bonds. The predicted molar refractivity (Wildman–Crippen MR) is 99.5 cm³/mol. The monoisotopic (exact) mass is 341 g/mol. The number of nitrogens with one attached hydrogen (secondary N) is 1. The maximum absolute atomic E-state index is 13.0. The minimum atomic E-state index is 0.0503. The average molecular weight is 341 g/mol. The number of nitrogens with zero attached hydrogens (tertiary/aromatic N) is 2. The second kappa shape index (κ2) is 7.72. The topological polar surface area (TPSA) is 56.4 Å². The molecule has 0 spiro atoms. The van der Waals surface area contributed by atoms with Crippen LogP contribution in [0.3, 0.4) is 0 Å². The van der Waals surface area contributed by atoms with Gasteiger partial charge in [-0.1, -0.05) is 32.0 Å². The highest BCUT2D eigenvalue weighted by molar-refractivity contribution is 6.06. The van der Waals surface area contributed by atoms with Crippen molar-refractivity contribution >= 4 is 22.7 Å². The molecule has 0 unspecified atom stereocenters. The Morgan fingerprint density at radius 3 is 2.48 bits per heavy atom. The summed E-state index contributed by atoms with van der Waals surface area (Å²) in [5, 5.41) is 0.960. The van der Waals surface area contributed by atoms with E-state index in [2.05, 4.69) is 18.8 Å². The number of benzene rings is 1. The van der Waals surface area contributed by atoms with Crippen LogP contribution in [0.2, 0.25) is 0 Å². The van der Waals surface area contributed by atoms with Crippen molar-refractivity contribution in [2.75, 3.05) is 26.2 Å². The number of carbonyl (C=O) groups is 2. The van der Waals surface area contributed by atoms with Crippen LogP contribution in [0.25, 0.3) is 10.9 Å². The fourth-order valence-corrected chi connectivity index (χ4v) is 3.66. The standard InChI is InChI=1S/C20H27N3O2/c1-3-15(4-2)19(24)22-10-7-11-23(13-12-22)20(25)17-14-21-18-9-6-5-8-16(17)18/h5-6,8-9,14-15,21H,3-4,7,10-13H2,1-2H3. The van der Waals surface area contributed by atoms with E-state index < -0.39 is 0 Å². The summed E-state index contributed by atoms with van der Waals surface area (Å²) in [7, 11) is 0. The molecule has 1 aromatic carbocycles. The van der Waals surface area contributed by atoms with Crippen molar-refractivity contribution in [1.82, 2.24) is 14.8 Å². The van der Waals surface area contributed by atoms with Crippen LogP contribution in [0.4, 0.5) is 0 Å². The maximum atomic E-state index is 13.0. The highest BCUT2D eigenvalue weighted by Gasteiger charge is 2.26. The quantitative estimate of drug-likeness (QED) is 0.928. The Morgan fingerprint density at radius 2 is 1.72 bits per heavy atom. The van der Waals surface area contributed by atoms with Gasteiger partial charge in [0.05, 0.1) is 5.56 Å². The second-order valence-corrected chi connectivity index (χ2v) is 6.73. The zero-order chi connectivity index (χ0) is 17.8. The van der Waals surface area contributed by atoms with E-state index in [4.69, 9.17) is 0 Å². The third kappa shape index (κ3) is 3.55. The molecule has 1 saturated heterocycles. The SMILES string of the molecule is CCC(CC)C(=O)N1CCCN(C(=O)c2c[nH]c3ccccc23)CC1. The van der Waals surface area contributed by atoms with E-state index in [0.717, 1.165) is 42.3 Å². The fourth-order valence-electron chi connectivity index (χ4n) is 3.66. The van der Waals surface area contributed by atoms with Crippen LogP contribution in [0.1, 0.15) is 43.5 Å². The highest BCUT2D eigenvalue weighted by atomic mass is 16.2. The van der Waals surface area contributed by atoms with E-state index >= 15 is 0 Å². The molecule has 134 valence electrons. The molecular weight excluding hydrogens is 314 g/mol. The molecule has 1 fully saturated rings. The first-order chi connectivity index (χ1) is 12.2. The van der Waals surface area contributed by atoms with E-state index in [1.807, 2.05) is 34.1 Å². The van der Waals surface area contributed by atoms with E-state index in [0.29, 0.717) is 19.6 Å². The molecular formula is C20H27N3O2. The smallest absolute Gasteiger partial charge is 0.256 e. The third-order valence-electron chi connectivity index (χ3n) is 5.25. The number of hydrogen-bond acceptors (Lipinski definition) is 2. The summed E-state index contributed by atoms with van der Waals surface area (Å²) in [6.07, 6.45) is 4.39. The fraction of sp³-hybridized carbons (Fsp3) is 0.500. The largest absolute Gasteiger partial charge is 0.360 e. The summed E-state index contributed by atoms with van der Waals surface area (Å²) in [6.45, 7) is 6.80. The molecule has 1 N–H and O–H groups in total. The van der Waals surface area contributed by atoms with Gasteiger partial charge < -0.3 is 14.8 Å². The van der Waals surface area contributed by atoms with Crippen LogP contribution in [-0.4, -0.2) is 52.8 Å². The molecule has 1 aliphatic rings. The number of aromatic nitrogens is 1. The number of para-hydroxylation sites is 1. The second-order valence-electron chi connectivity index (χ2n) is 6.73. The number of fused-ring (bicyclic) bond motifs is 1. The zero-order valence-electron chi connectivity index (χ0n) is 15.1. The zero-order valence-corrected chi connectivity index (χ0v) is 15.1. The van der Waals surface area contributed by atoms with Crippen molar-refractivity contribution in [2.45, 2.75) is 33.1 Å². The first kappa shape index (κ1) is 17.5. The van der Waals surface area contributed by atoms with Gasteiger partial charge in [-0.3, -0.25) is 9.59 Å². The summed E-state index contributed by atoms with van der Waals surface area (Å²) in [6, 6.07) is 7.86. The lowest BCUT2D eigenvalue weighted by Crippen LogP contribution is -2.39. The molecule has 0 radical (unpaired) electrons. The van der Waals surface area contributed by atoms with E-state index in [9.17, 15) is 9.59 Å². The van der Waals surface area contributed by atoms with Crippen LogP contribution >= 0.6 is 0 Å². The van der Waals surface area contributed by atoms with Crippen molar-refractivity contribution in [3.8, 4) is 0 Å². The minimum Gasteiger partial charge on any atom is -0.360 e. The van der Waals surface area contributed by atoms with E-state index in [1.165, 1.54) is 0 Å². The molecule has 0 aliphatic carbocycles. The van der Waals surface area contributed by atoms with Crippen molar-refractivity contribution in [1.29, 1.82) is 0 Å². The van der Waals surface area contributed by atoms with Gasteiger partial charge in [0.1, 0.15) is 0 Å². The van der Waals surface area contributed by atoms with Crippen LogP contribution in [0, 0.1) is 5.92 Å². The molecule has 1 aliphatic heterocycles. The molecule has 2 aromatic rings. The number of amides is 2. The van der Waals surface area contributed by atoms with Gasteiger partial charge in [-0.15, -0.1) is 0 Å². The minimum absolute atomic E-state index is 0.0503. The first-order valence-corrected chi connectivity index (χ1v) is 9.29. The predicted octanol–water partition coefficient (Wildman–Crippen LogP) is 3.28. The average Bonchev–Trinajstić information content (AvgIpc) is 2.91. The lowest BCUT2D eigenvalue weighted by atomic mass is 10.0. The summed E-state index contributed by atoms with van der Waals surface area (Å²) in [5.41, 5.74) is 1.70. The summed E-state index contributed by atoms with van der Waals surface area (Å²) >= 11 is 0. The Hall–Kier alpha value is -2.30. The Bertz CT molecular complexity index is 748. The van der Waals surface area contributed by atoms with Gasteiger partial charge in [-0.05, 0) is 25.3 Å².